The summed E-state index contributed by atoms with van der Waals surface area (Å²) in [5, 5.41) is 0.977. The lowest BCUT2D eigenvalue weighted by Crippen LogP contribution is -1.82. The summed E-state index contributed by atoms with van der Waals surface area (Å²) >= 11 is 0. The number of rotatable bonds is 0. The van der Waals surface area contributed by atoms with Crippen molar-refractivity contribution in [3.05, 3.63) is 61.7 Å². The van der Waals surface area contributed by atoms with Crippen molar-refractivity contribution in [1.82, 2.24) is 29.9 Å². The highest BCUT2D eigenvalue weighted by Crippen LogP contribution is 2.03. The molecule has 6 nitrogen and oxygen atoms in total. The first-order valence-electron chi connectivity index (χ1n) is 5.95. The number of aromatic nitrogens is 6. The second-order valence-electron chi connectivity index (χ2n) is 3.87. The van der Waals surface area contributed by atoms with Crippen LogP contribution in [0.25, 0.3) is 22.1 Å². The van der Waals surface area contributed by atoms with Gasteiger partial charge in [0.2, 0.25) is 0 Å². The van der Waals surface area contributed by atoms with Crippen molar-refractivity contribution >= 4 is 22.1 Å². The van der Waals surface area contributed by atoms with Gasteiger partial charge in [0.05, 0.1) is 11.7 Å². The van der Waals surface area contributed by atoms with Crippen LogP contribution in [-0.4, -0.2) is 29.9 Å². The van der Waals surface area contributed by atoms with Gasteiger partial charge in [-0.25, -0.2) is 24.9 Å². The highest BCUT2D eigenvalue weighted by atomic mass is 14.9. The van der Waals surface area contributed by atoms with E-state index in [1.807, 2.05) is 24.3 Å². The molecule has 4 aromatic rings. The molecule has 4 heterocycles. The summed E-state index contributed by atoms with van der Waals surface area (Å²) in [7, 11) is 0. The summed E-state index contributed by atoms with van der Waals surface area (Å²) in [6.45, 7) is 0. The summed E-state index contributed by atoms with van der Waals surface area (Å²) in [6, 6.07) is 7.56. The number of fused-ring (bicyclic) bond motifs is 2. The molecule has 6 heteroatoms. The first-order chi connectivity index (χ1) is 9.93. The topological polar surface area (TPSA) is 77.3 Å². The van der Waals surface area contributed by atoms with Crippen molar-refractivity contribution in [2.24, 2.45) is 0 Å². The Kier molecular flexibility index (Phi) is 3.46. The largest absolute Gasteiger partial charge is 0.253 e. The van der Waals surface area contributed by atoms with Gasteiger partial charge in [-0.05, 0) is 24.3 Å². The third-order valence-corrected chi connectivity index (χ3v) is 2.55. The van der Waals surface area contributed by atoms with E-state index in [0.717, 1.165) is 22.1 Å². The van der Waals surface area contributed by atoms with E-state index >= 15 is 0 Å². The summed E-state index contributed by atoms with van der Waals surface area (Å²) in [4.78, 5) is 23.8. The quantitative estimate of drug-likeness (QED) is 0.482. The van der Waals surface area contributed by atoms with Crippen molar-refractivity contribution in [3.8, 4) is 0 Å². The second-order valence-corrected chi connectivity index (χ2v) is 3.87. The van der Waals surface area contributed by atoms with E-state index < -0.39 is 0 Å². The maximum atomic E-state index is 4.06. The molecule has 0 unspecified atom stereocenters. The van der Waals surface area contributed by atoms with Crippen LogP contribution in [-0.2, 0) is 0 Å². The van der Waals surface area contributed by atoms with Crippen molar-refractivity contribution in [3.63, 3.8) is 0 Å². The highest BCUT2D eigenvalue weighted by molar-refractivity contribution is 5.72. The Morgan fingerprint density at radius 3 is 2.35 bits per heavy atom. The molecule has 0 fully saturated rings. The smallest absolute Gasteiger partial charge is 0.162 e. The zero-order valence-electron chi connectivity index (χ0n) is 10.5. The number of pyridine rings is 2. The average molecular weight is 262 g/mol. The van der Waals surface area contributed by atoms with E-state index in [0.29, 0.717) is 0 Å². The first-order valence-corrected chi connectivity index (χ1v) is 5.95. The van der Waals surface area contributed by atoms with Crippen LogP contribution in [0.15, 0.2) is 61.7 Å². The molecule has 0 atom stereocenters. The van der Waals surface area contributed by atoms with Crippen molar-refractivity contribution in [2.75, 3.05) is 0 Å². The van der Waals surface area contributed by atoms with E-state index in [2.05, 4.69) is 29.9 Å². The van der Waals surface area contributed by atoms with Crippen LogP contribution in [0.4, 0.5) is 0 Å². The van der Waals surface area contributed by atoms with Gasteiger partial charge in [0, 0.05) is 24.0 Å². The van der Waals surface area contributed by atoms with E-state index in [1.54, 1.807) is 24.8 Å². The van der Waals surface area contributed by atoms with Gasteiger partial charge < -0.3 is 0 Å². The maximum absolute atomic E-state index is 4.06. The van der Waals surface area contributed by atoms with Crippen molar-refractivity contribution < 1.29 is 0 Å². The zero-order valence-corrected chi connectivity index (χ0v) is 10.5. The monoisotopic (exact) mass is 262 g/mol. The molecule has 4 aromatic heterocycles. The normalized spacial score (nSPS) is 10.0. The molecule has 0 spiro atoms. The molecule has 0 aliphatic carbocycles. The van der Waals surface area contributed by atoms with Gasteiger partial charge in [0.25, 0.3) is 0 Å². The molecule has 0 aliphatic heterocycles. The predicted octanol–water partition coefficient (Wildman–Crippen LogP) is 2.05. The zero-order chi connectivity index (χ0) is 13.6. The van der Waals surface area contributed by atoms with E-state index in [-0.39, 0.29) is 0 Å². The fourth-order valence-electron chi connectivity index (χ4n) is 1.64. The van der Waals surface area contributed by atoms with Gasteiger partial charge in [-0.15, -0.1) is 0 Å². The average Bonchev–Trinajstić information content (AvgIpc) is 2.56. The maximum Gasteiger partial charge on any atom is 0.162 e. The third kappa shape index (κ3) is 2.69. The van der Waals surface area contributed by atoms with Crippen LogP contribution in [0.1, 0.15) is 0 Å². The lowest BCUT2D eigenvalue weighted by Gasteiger charge is -1.89. The molecule has 0 N–H and O–H groups in total. The standard InChI is InChI=1S/2C7H5N3/c1-2-6-7(9-3-1)4-8-5-10-6;1-2-6-4-8-5-10-7(6)9-3-1/h2*1-5H. The van der Waals surface area contributed by atoms with Gasteiger partial charge >= 0.3 is 0 Å². The molecule has 96 valence electrons. The Hall–Kier alpha value is -3.02. The molecular weight excluding hydrogens is 252 g/mol. The Morgan fingerprint density at radius 2 is 1.45 bits per heavy atom. The molecule has 0 bridgehead atoms. The van der Waals surface area contributed by atoms with E-state index in [4.69, 9.17) is 0 Å². The molecule has 0 aliphatic rings. The number of hydrogen-bond donors (Lipinski definition) is 0. The van der Waals surface area contributed by atoms with Gasteiger partial charge in [-0.1, -0.05) is 0 Å². The Balaban J connectivity index is 0.000000121. The van der Waals surface area contributed by atoms with Crippen molar-refractivity contribution in [1.29, 1.82) is 0 Å². The van der Waals surface area contributed by atoms with Crippen LogP contribution < -0.4 is 0 Å². The Morgan fingerprint density at radius 1 is 0.650 bits per heavy atom. The van der Waals surface area contributed by atoms with Crippen LogP contribution in [0, 0.1) is 0 Å². The Labute approximate surface area is 114 Å². The molecular formula is C14H10N6. The molecule has 20 heavy (non-hydrogen) atoms. The summed E-state index contributed by atoms with van der Waals surface area (Å²) in [6.07, 6.45) is 9.90. The molecule has 0 aromatic carbocycles. The van der Waals surface area contributed by atoms with Crippen LogP contribution in [0.5, 0.6) is 0 Å². The van der Waals surface area contributed by atoms with E-state index in [9.17, 15) is 0 Å². The van der Waals surface area contributed by atoms with E-state index in [1.165, 1.54) is 12.7 Å². The molecule has 0 saturated carbocycles. The minimum Gasteiger partial charge on any atom is -0.253 e. The lowest BCUT2D eigenvalue weighted by molar-refractivity contribution is 1.18. The third-order valence-electron chi connectivity index (χ3n) is 2.55. The molecule has 0 radical (unpaired) electrons. The van der Waals surface area contributed by atoms with Crippen LogP contribution in [0.3, 0.4) is 0 Å². The number of hydrogen-bond acceptors (Lipinski definition) is 6. The van der Waals surface area contributed by atoms with Crippen molar-refractivity contribution in [2.45, 2.75) is 0 Å². The second kappa shape index (κ2) is 5.75. The van der Waals surface area contributed by atoms with Crippen LogP contribution >= 0.6 is 0 Å². The number of nitrogens with zero attached hydrogens (tertiary/aromatic N) is 6. The summed E-state index contributed by atoms with van der Waals surface area (Å²) < 4.78 is 0. The molecule has 0 amide bonds. The summed E-state index contributed by atoms with van der Waals surface area (Å²) in [5.41, 5.74) is 2.47. The Bertz CT molecular complexity index is 631. The predicted molar refractivity (Wildman–Crippen MR) is 74.7 cm³/mol. The SMILES string of the molecule is c1cnc2cncnc2c1.c1cnc2ncncc2c1. The first kappa shape index (κ1) is 12.0. The summed E-state index contributed by atoms with van der Waals surface area (Å²) in [5.74, 6) is 0. The van der Waals surface area contributed by atoms with Gasteiger partial charge in [0.1, 0.15) is 18.2 Å². The fraction of sp³-hybridized carbons (Fsp3) is 0. The molecule has 0 saturated heterocycles. The van der Waals surface area contributed by atoms with Gasteiger partial charge in [0.15, 0.2) is 5.65 Å². The highest BCUT2D eigenvalue weighted by Gasteiger charge is 1.90. The molecule has 4 rings (SSSR count). The minimum atomic E-state index is 0.748. The van der Waals surface area contributed by atoms with Gasteiger partial charge in [-0.3, -0.25) is 4.98 Å². The minimum absolute atomic E-state index is 0.748. The van der Waals surface area contributed by atoms with Crippen LogP contribution in [0.2, 0.25) is 0 Å². The lowest BCUT2D eigenvalue weighted by atomic mass is 10.3. The van der Waals surface area contributed by atoms with Gasteiger partial charge in [-0.2, -0.15) is 0 Å². The fourth-order valence-corrected chi connectivity index (χ4v) is 1.64.